The van der Waals surface area contributed by atoms with Crippen molar-refractivity contribution in [3.8, 4) is 5.75 Å². The Morgan fingerprint density at radius 1 is 1.27 bits per heavy atom. The first-order chi connectivity index (χ1) is 12.7. The van der Waals surface area contributed by atoms with Crippen molar-refractivity contribution in [1.29, 1.82) is 0 Å². The molecule has 3 aromatic rings. The van der Waals surface area contributed by atoms with Gasteiger partial charge in [0, 0.05) is 27.1 Å². The van der Waals surface area contributed by atoms with Gasteiger partial charge in [0.2, 0.25) is 0 Å². The van der Waals surface area contributed by atoms with Crippen molar-refractivity contribution < 1.29 is 9.53 Å². The minimum absolute atomic E-state index is 0.0650. The van der Waals surface area contributed by atoms with Gasteiger partial charge in [-0.2, -0.15) is 0 Å². The third-order valence-corrected chi connectivity index (χ3v) is 7.01. The number of fused-ring (bicyclic) bond motifs is 3. The summed E-state index contributed by atoms with van der Waals surface area (Å²) in [5, 5.41) is 2.27. The predicted octanol–water partition coefficient (Wildman–Crippen LogP) is 5.07. The molecule has 0 saturated heterocycles. The van der Waals surface area contributed by atoms with E-state index in [1.807, 2.05) is 29.5 Å². The predicted molar refractivity (Wildman–Crippen MR) is 107 cm³/mol. The number of aryl methyl sites for hydroxylation is 2. The Hall–Kier alpha value is -1.92. The highest BCUT2D eigenvalue weighted by Crippen LogP contribution is 2.40. The van der Waals surface area contributed by atoms with Crippen LogP contribution in [-0.4, -0.2) is 22.9 Å². The molecule has 0 amide bonds. The number of thioether (sulfide) groups is 1. The molecular weight excluding hydrogens is 364 g/mol. The lowest BCUT2D eigenvalue weighted by molar-refractivity contribution is 0.101. The van der Waals surface area contributed by atoms with Crippen molar-refractivity contribution in [2.24, 2.45) is 0 Å². The molecule has 0 atom stereocenters. The highest BCUT2D eigenvalue weighted by atomic mass is 32.2. The van der Waals surface area contributed by atoms with E-state index in [0.29, 0.717) is 11.3 Å². The van der Waals surface area contributed by atoms with Gasteiger partial charge in [-0.25, -0.2) is 9.97 Å². The maximum Gasteiger partial charge on any atom is 0.159 e. The molecule has 1 aromatic carbocycles. The summed E-state index contributed by atoms with van der Waals surface area (Å²) in [6.07, 6.45) is 6.46. The lowest BCUT2D eigenvalue weighted by Crippen LogP contribution is -1.99. The highest BCUT2D eigenvalue weighted by Gasteiger charge is 2.20. The van der Waals surface area contributed by atoms with Crippen LogP contribution in [0, 0.1) is 0 Å². The number of aromatic nitrogens is 2. The smallest absolute Gasteiger partial charge is 0.159 e. The molecule has 1 aliphatic carbocycles. The fraction of sp³-hybridized carbons (Fsp3) is 0.350. The summed E-state index contributed by atoms with van der Waals surface area (Å²) in [5.74, 6) is 1.58. The van der Waals surface area contributed by atoms with Crippen LogP contribution in [0.4, 0.5) is 0 Å². The lowest BCUT2D eigenvalue weighted by Gasteiger charge is -2.12. The summed E-state index contributed by atoms with van der Waals surface area (Å²) in [6, 6.07) is 5.61. The highest BCUT2D eigenvalue weighted by molar-refractivity contribution is 7.98. The van der Waals surface area contributed by atoms with Crippen molar-refractivity contribution >= 4 is 39.1 Å². The van der Waals surface area contributed by atoms with E-state index >= 15 is 0 Å². The summed E-state index contributed by atoms with van der Waals surface area (Å²) in [5.41, 5.74) is 3.17. The van der Waals surface area contributed by atoms with Crippen LogP contribution < -0.4 is 4.74 Å². The van der Waals surface area contributed by atoms with Crippen LogP contribution in [0.1, 0.15) is 46.1 Å². The summed E-state index contributed by atoms with van der Waals surface area (Å²) in [6.45, 7) is 1.59. The van der Waals surface area contributed by atoms with E-state index in [-0.39, 0.29) is 5.78 Å². The fourth-order valence-electron chi connectivity index (χ4n) is 3.43. The standard InChI is InChI=1S/C20H20N2O2S2/c1-12(23)13-7-8-16(24-2)14(9-13)10-25-19-18-15-5-3-4-6-17(15)26-20(18)22-11-21-19/h7-9,11H,3-6,10H2,1-2H3. The molecule has 4 nitrogen and oxygen atoms in total. The van der Waals surface area contributed by atoms with Gasteiger partial charge < -0.3 is 4.74 Å². The van der Waals surface area contributed by atoms with Crippen LogP contribution in [0.25, 0.3) is 10.2 Å². The third kappa shape index (κ3) is 3.23. The minimum Gasteiger partial charge on any atom is -0.496 e. The molecule has 0 saturated carbocycles. The SMILES string of the molecule is COc1ccc(C(C)=O)cc1CSc1ncnc2sc3c(c12)CCCC3. The zero-order valence-electron chi connectivity index (χ0n) is 14.9. The summed E-state index contributed by atoms with van der Waals surface area (Å²) < 4.78 is 5.48. The van der Waals surface area contributed by atoms with Crippen LogP contribution in [0.3, 0.4) is 0 Å². The van der Waals surface area contributed by atoms with Gasteiger partial charge in [0.1, 0.15) is 21.9 Å². The van der Waals surface area contributed by atoms with E-state index in [4.69, 9.17) is 4.74 Å². The Balaban J connectivity index is 1.67. The van der Waals surface area contributed by atoms with Crippen LogP contribution in [0.15, 0.2) is 29.6 Å². The van der Waals surface area contributed by atoms with Crippen LogP contribution in [0.5, 0.6) is 5.75 Å². The van der Waals surface area contributed by atoms with Crippen molar-refractivity contribution in [1.82, 2.24) is 9.97 Å². The number of hydrogen-bond acceptors (Lipinski definition) is 6. The van der Waals surface area contributed by atoms with Crippen molar-refractivity contribution in [2.45, 2.75) is 43.4 Å². The number of ether oxygens (including phenoxy) is 1. The number of benzene rings is 1. The summed E-state index contributed by atoms with van der Waals surface area (Å²) in [4.78, 5) is 23.3. The second-order valence-corrected chi connectivity index (χ2v) is 8.49. The van der Waals surface area contributed by atoms with Crippen LogP contribution >= 0.6 is 23.1 Å². The van der Waals surface area contributed by atoms with Gasteiger partial charge in [-0.3, -0.25) is 4.79 Å². The largest absolute Gasteiger partial charge is 0.496 e. The maximum absolute atomic E-state index is 11.7. The zero-order chi connectivity index (χ0) is 18.1. The maximum atomic E-state index is 11.7. The molecule has 4 rings (SSSR count). The average molecular weight is 385 g/mol. The zero-order valence-corrected chi connectivity index (χ0v) is 16.5. The van der Waals surface area contributed by atoms with Crippen molar-refractivity contribution in [2.75, 3.05) is 7.11 Å². The van der Waals surface area contributed by atoms with Gasteiger partial charge in [0.05, 0.1) is 7.11 Å². The second-order valence-electron chi connectivity index (χ2n) is 6.44. The van der Waals surface area contributed by atoms with Crippen molar-refractivity contribution in [3.63, 3.8) is 0 Å². The normalized spacial score (nSPS) is 13.6. The number of hydrogen-bond donors (Lipinski definition) is 0. The molecule has 0 N–H and O–H groups in total. The third-order valence-electron chi connectivity index (χ3n) is 4.77. The molecule has 0 bridgehead atoms. The van der Waals surface area contributed by atoms with E-state index in [2.05, 4.69) is 9.97 Å². The number of carbonyl (C=O) groups is 1. The Morgan fingerprint density at radius 2 is 2.12 bits per heavy atom. The molecular formula is C20H20N2O2S2. The Kier molecular flexibility index (Phi) is 4.96. The molecule has 2 aromatic heterocycles. The first kappa shape index (κ1) is 17.5. The molecule has 0 unspecified atom stereocenters. The number of nitrogens with zero attached hydrogens (tertiary/aromatic N) is 2. The molecule has 134 valence electrons. The van der Waals surface area contributed by atoms with Gasteiger partial charge in [-0.15, -0.1) is 23.1 Å². The van der Waals surface area contributed by atoms with E-state index in [0.717, 1.165) is 34.0 Å². The molecule has 6 heteroatoms. The molecule has 0 fully saturated rings. The van der Waals surface area contributed by atoms with Crippen LogP contribution in [-0.2, 0) is 18.6 Å². The number of ketones is 1. The summed E-state index contributed by atoms with van der Waals surface area (Å²) >= 11 is 3.51. The number of Topliss-reactive ketones (excluding diaryl/α,β-unsaturated/α-hetero) is 1. The average Bonchev–Trinajstić information content (AvgIpc) is 3.05. The van der Waals surface area contributed by atoms with Gasteiger partial charge in [-0.1, -0.05) is 0 Å². The number of carbonyl (C=O) groups excluding carboxylic acids is 1. The monoisotopic (exact) mass is 384 g/mol. The quantitative estimate of drug-likeness (QED) is 0.349. The van der Waals surface area contributed by atoms with Crippen LogP contribution in [0.2, 0.25) is 0 Å². The van der Waals surface area contributed by atoms with Gasteiger partial charge in [-0.05, 0) is 56.4 Å². The molecule has 0 spiro atoms. The Labute approximate surface area is 161 Å². The van der Waals surface area contributed by atoms with Crippen molar-refractivity contribution in [3.05, 3.63) is 46.1 Å². The number of rotatable bonds is 5. The molecule has 0 radical (unpaired) electrons. The molecule has 2 heterocycles. The molecule has 0 aliphatic heterocycles. The minimum atomic E-state index is 0.0650. The van der Waals surface area contributed by atoms with E-state index in [1.165, 1.54) is 28.7 Å². The van der Waals surface area contributed by atoms with E-state index in [9.17, 15) is 4.79 Å². The van der Waals surface area contributed by atoms with Gasteiger partial charge in [0.15, 0.2) is 5.78 Å². The Morgan fingerprint density at radius 3 is 2.92 bits per heavy atom. The fourth-order valence-corrected chi connectivity index (χ4v) is 5.72. The number of methoxy groups -OCH3 is 1. The molecule has 26 heavy (non-hydrogen) atoms. The first-order valence-electron chi connectivity index (χ1n) is 8.73. The second kappa shape index (κ2) is 7.37. The lowest BCUT2D eigenvalue weighted by atomic mass is 9.97. The number of thiophene rings is 1. The molecule has 1 aliphatic rings. The summed E-state index contributed by atoms with van der Waals surface area (Å²) in [7, 11) is 1.66. The van der Waals surface area contributed by atoms with Gasteiger partial charge in [0.25, 0.3) is 0 Å². The van der Waals surface area contributed by atoms with Gasteiger partial charge >= 0.3 is 0 Å². The topological polar surface area (TPSA) is 52.1 Å². The first-order valence-corrected chi connectivity index (χ1v) is 10.5. The van der Waals surface area contributed by atoms with E-state index < -0.39 is 0 Å². The van der Waals surface area contributed by atoms with E-state index in [1.54, 1.807) is 32.1 Å². The Bertz CT molecular complexity index is 981.